The van der Waals surface area contributed by atoms with Gasteiger partial charge in [0.2, 0.25) is 5.89 Å². The molecule has 4 aromatic heterocycles. The largest absolute Gasteiger partial charge is 0.461 e. The van der Waals surface area contributed by atoms with Crippen molar-refractivity contribution in [2.45, 2.75) is 75.2 Å². The number of oxazole rings is 1. The van der Waals surface area contributed by atoms with Crippen molar-refractivity contribution in [2.75, 3.05) is 37.7 Å². The van der Waals surface area contributed by atoms with Gasteiger partial charge in [0.25, 0.3) is 0 Å². The van der Waals surface area contributed by atoms with Crippen LogP contribution in [-0.4, -0.2) is 79.5 Å². The maximum Gasteiger partial charge on any atom is 0.319 e. The van der Waals surface area contributed by atoms with Gasteiger partial charge in [-0.3, -0.25) is 15.0 Å². The molecule has 10 nitrogen and oxygen atoms in total. The molecule has 1 N–H and O–H groups in total. The molecular weight excluding hydrogens is 657 g/mol. The van der Waals surface area contributed by atoms with Crippen molar-refractivity contribution in [3.8, 4) is 17.3 Å². The van der Waals surface area contributed by atoms with Crippen LogP contribution in [0.15, 0.2) is 29.1 Å². The van der Waals surface area contributed by atoms with Crippen LogP contribution in [0.3, 0.4) is 0 Å². The lowest BCUT2D eigenvalue weighted by molar-refractivity contribution is -0.0962. The quantitative estimate of drug-likeness (QED) is 0.223. The van der Waals surface area contributed by atoms with Crippen molar-refractivity contribution >= 4 is 39.2 Å². The van der Waals surface area contributed by atoms with Gasteiger partial charge in [-0.25, -0.2) is 18.2 Å². The van der Waals surface area contributed by atoms with Crippen molar-refractivity contribution in [3.05, 3.63) is 52.7 Å². The molecule has 3 saturated heterocycles. The molecule has 4 fully saturated rings. The van der Waals surface area contributed by atoms with Crippen LogP contribution in [-0.2, 0) is 18.5 Å². The second-order valence-electron chi connectivity index (χ2n) is 14.9. The molecule has 12 rings (SSSR count). The third-order valence-electron chi connectivity index (χ3n) is 11.7. The van der Waals surface area contributed by atoms with Crippen LogP contribution in [0.5, 0.6) is 6.01 Å². The summed E-state index contributed by atoms with van der Waals surface area (Å²) in [5.41, 5.74) is -0.505. The Labute approximate surface area is 284 Å². The maximum absolute atomic E-state index is 17.2. The monoisotopic (exact) mass is 690 g/mol. The van der Waals surface area contributed by atoms with E-state index in [4.69, 9.17) is 30.7 Å². The molecule has 7 aliphatic rings. The van der Waals surface area contributed by atoms with E-state index in [2.05, 4.69) is 30.0 Å². The first-order chi connectivity index (χ1) is 23.7. The zero-order valence-electron chi connectivity index (χ0n) is 26.7. The lowest BCUT2D eigenvalue weighted by atomic mass is 9.56. The summed E-state index contributed by atoms with van der Waals surface area (Å²) < 4.78 is 60.5. The van der Waals surface area contributed by atoms with Crippen LogP contribution in [0, 0.1) is 11.2 Å². The number of alkyl halides is 2. The molecule has 9 bridgehead atoms. The molecule has 5 aromatic rings. The molecular formula is C35H34ClF3N8O2. The summed E-state index contributed by atoms with van der Waals surface area (Å²) in [5, 5.41) is 8.65. The lowest BCUT2D eigenvalue weighted by Gasteiger charge is -2.54. The molecule has 1 saturated carbocycles. The Bertz CT molecular complexity index is 2150. The van der Waals surface area contributed by atoms with Crippen molar-refractivity contribution in [2.24, 2.45) is 5.41 Å². The van der Waals surface area contributed by atoms with Crippen molar-refractivity contribution in [3.63, 3.8) is 0 Å². The van der Waals surface area contributed by atoms with Crippen LogP contribution in [0.4, 0.5) is 19.0 Å². The number of anilines is 1. The van der Waals surface area contributed by atoms with E-state index >= 15 is 8.78 Å². The standard InChI is InChI=1S/C35H34ClF3N8O2/c36-24-9-25-22(13-42-45-25)26-21(24)4-3-20-11-41-31(49-20)35(39)15-33(16-35)5-1-7-46(17-33)30-23-12-40-29(26)27(38)28(23)43-32(44-30)48-18-34-6-2-8-47(34)14-19(37)10-34/h9,11-13,19H,1-8,10,14-18H2,(H,42,45)/t19-,33?,34+,35?/m1/s1. The number of fused-ring (bicyclic) bond motifs is 2. The van der Waals surface area contributed by atoms with Gasteiger partial charge in [-0.15, -0.1) is 0 Å². The molecule has 0 unspecified atom stereocenters. The minimum Gasteiger partial charge on any atom is -0.461 e. The highest BCUT2D eigenvalue weighted by Gasteiger charge is 2.60. The van der Waals surface area contributed by atoms with Crippen molar-refractivity contribution in [1.82, 2.24) is 35.0 Å². The number of aromatic amines is 1. The summed E-state index contributed by atoms with van der Waals surface area (Å²) in [6, 6.07) is 1.79. The first-order valence-corrected chi connectivity index (χ1v) is 17.5. The summed E-state index contributed by atoms with van der Waals surface area (Å²) in [6.45, 7) is 2.59. The number of H-pyrrole nitrogens is 1. The van der Waals surface area contributed by atoms with E-state index in [1.807, 2.05) is 0 Å². The predicted octanol–water partition coefficient (Wildman–Crippen LogP) is 6.65. The van der Waals surface area contributed by atoms with Crippen LogP contribution >= 0.6 is 11.6 Å². The van der Waals surface area contributed by atoms with Gasteiger partial charge in [-0.2, -0.15) is 15.1 Å². The first-order valence-electron chi connectivity index (χ1n) is 17.1. The number of aromatic nitrogens is 6. The van der Waals surface area contributed by atoms with Gasteiger partial charge >= 0.3 is 6.01 Å². The SMILES string of the molecule is Fc1c2ncc3c(nc(OC[C@@]45CCCN4C[C@H](F)C5)nc13)N1CCCC3(C1)CC(F)(C3)c1ncc(o1)CCc1c(Cl)cc3[nH]ncc3c1-2. The Hall–Kier alpha value is -3.97. The fourth-order valence-electron chi connectivity index (χ4n) is 9.61. The molecule has 2 atom stereocenters. The minimum atomic E-state index is -1.67. The van der Waals surface area contributed by atoms with Crippen LogP contribution in [0.2, 0.25) is 5.02 Å². The summed E-state index contributed by atoms with van der Waals surface area (Å²) in [5.74, 6) is 0.494. The third-order valence-corrected chi connectivity index (χ3v) is 12.1. The number of aryl methyl sites for hydroxylation is 1. The number of hydrogen-bond acceptors (Lipinski definition) is 9. The number of ether oxygens (including phenoxy) is 1. The van der Waals surface area contributed by atoms with E-state index in [9.17, 15) is 4.39 Å². The van der Waals surface area contributed by atoms with E-state index in [0.717, 1.165) is 32.2 Å². The average Bonchev–Trinajstić information content (AvgIpc) is 3.86. The molecule has 0 amide bonds. The maximum atomic E-state index is 17.2. The molecule has 14 heteroatoms. The van der Waals surface area contributed by atoms with E-state index < -0.39 is 23.2 Å². The van der Waals surface area contributed by atoms with Gasteiger partial charge in [0.05, 0.1) is 28.8 Å². The second-order valence-corrected chi connectivity index (χ2v) is 15.3. The van der Waals surface area contributed by atoms with Gasteiger partial charge in [0.15, 0.2) is 11.5 Å². The molecule has 254 valence electrons. The van der Waals surface area contributed by atoms with Gasteiger partial charge in [0.1, 0.15) is 35.6 Å². The van der Waals surface area contributed by atoms with Gasteiger partial charge in [-0.05, 0) is 68.5 Å². The Morgan fingerprint density at radius 2 is 1.94 bits per heavy atom. The number of nitrogens with one attached hydrogen (secondary N) is 1. The van der Waals surface area contributed by atoms with Crippen LogP contribution in [0.1, 0.15) is 62.2 Å². The topological polar surface area (TPSA) is 109 Å². The van der Waals surface area contributed by atoms with Crippen molar-refractivity contribution < 1.29 is 22.3 Å². The Balaban J connectivity index is 1.16. The highest BCUT2D eigenvalue weighted by atomic mass is 35.5. The van der Waals surface area contributed by atoms with Crippen LogP contribution in [0.25, 0.3) is 33.1 Å². The number of nitrogens with zero attached hydrogens (tertiary/aromatic N) is 7. The highest BCUT2D eigenvalue weighted by molar-refractivity contribution is 6.33. The smallest absolute Gasteiger partial charge is 0.319 e. The highest BCUT2D eigenvalue weighted by Crippen LogP contribution is 2.60. The van der Waals surface area contributed by atoms with Gasteiger partial charge in [-0.1, -0.05) is 11.6 Å². The number of halogens is 4. The van der Waals surface area contributed by atoms with Gasteiger partial charge in [0, 0.05) is 54.6 Å². The predicted molar refractivity (Wildman–Crippen MR) is 176 cm³/mol. The summed E-state index contributed by atoms with van der Waals surface area (Å²) in [7, 11) is 0. The fraction of sp³-hybridized carbons (Fsp3) is 0.514. The number of piperidine rings is 1. The second kappa shape index (κ2) is 10.5. The number of hydrogen-bond donors (Lipinski definition) is 1. The third kappa shape index (κ3) is 4.53. The van der Waals surface area contributed by atoms with Crippen molar-refractivity contribution in [1.29, 1.82) is 0 Å². The molecule has 10 heterocycles. The van der Waals surface area contributed by atoms with Crippen LogP contribution < -0.4 is 9.64 Å². The Morgan fingerprint density at radius 1 is 1.06 bits per heavy atom. The normalized spacial score (nSPS) is 29.4. The molecule has 6 aliphatic heterocycles. The van der Waals surface area contributed by atoms with E-state index in [0.29, 0.717) is 82.9 Å². The first kappa shape index (κ1) is 29.9. The average molecular weight is 691 g/mol. The van der Waals surface area contributed by atoms with E-state index in [1.165, 1.54) is 0 Å². The van der Waals surface area contributed by atoms with Gasteiger partial charge < -0.3 is 14.1 Å². The number of rotatable bonds is 3. The number of pyridine rings is 1. The fourth-order valence-corrected chi connectivity index (χ4v) is 9.91. The molecule has 0 radical (unpaired) electrons. The zero-order chi connectivity index (χ0) is 33.1. The summed E-state index contributed by atoms with van der Waals surface area (Å²) in [4.78, 5) is 22.9. The van der Waals surface area contributed by atoms with E-state index in [-0.39, 0.29) is 48.0 Å². The summed E-state index contributed by atoms with van der Waals surface area (Å²) in [6.07, 6.45) is 9.02. The minimum absolute atomic E-state index is 0.0276. The number of benzene rings is 1. The molecule has 1 spiro atoms. The lowest BCUT2D eigenvalue weighted by Crippen LogP contribution is -2.56. The Morgan fingerprint density at radius 3 is 2.84 bits per heavy atom. The molecule has 1 aromatic carbocycles. The molecule has 49 heavy (non-hydrogen) atoms. The molecule has 1 aliphatic carbocycles. The zero-order valence-corrected chi connectivity index (χ0v) is 27.5. The Kier molecular flexibility index (Phi) is 6.42. The summed E-state index contributed by atoms with van der Waals surface area (Å²) >= 11 is 6.87. The van der Waals surface area contributed by atoms with E-state index in [1.54, 1.807) is 24.7 Å².